The number of nitrogens with zero attached hydrogens (tertiary/aromatic N) is 1. The van der Waals surface area contributed by atoms with Gasteiger partial charge in [0, 0.05) is 39.8 Å². The third-order valence-electron chi connectivity index (χ3n) is 7.93. The summed E-state index contributed by atoms with van der Waals surface area (Å²) < 4.78 is 47.6. The van der Waals surface area contributed by atoms with Crippen LogP contribution in [0.4, 0.5) is 0 Å². The number of halogens is 1. The molecule has 0 fully saturated rings. The maximum Gasteiger partial charge on any atom is 0.318 e. The zero-order chi connectivity index (χ0) is 34.3. The fraction of sp³-hybridized carbons (Fsp3) is 0.562. The van der Waals surface area contributed by atoms with Crippen LogP contribution in [0.1, 0.15) is 35.1 Å². The summed E-state index contributed by atoms with van der Waals surface area (Å²) in [4.78, 5) is 24.4. The van der Waals surface area contributed by atoms with Crippen molar-refractivity contribution in [2.24, 2.45) is 5.92 Å². The Morgan fingerprint density at radius 1 is 0.913 bits per heavy atom. The average molecular weight is 759 g/mol. The molecule has 1 aliphatic carbocycles. The van der Waals surface area contributed by atoms with Crippen LogP contribution in [0.15, 0.2) is 46.9 Å². The van der Waals surface area contributed by atoms with Gasteiger partial charge in [-0.2, -0.15) is 4.31 Å². The molecular formula is C32H48BrNO9SSi2. The zero-order valence-electron chi connectivity index (χ0n) is 27.6. The van der Waals surface area contributed by atoms with Crippen molar-refractivity contribution in [3.05, 3.63) is 63.6 Å². The average Bonchev–Trinajstić information content (AvgIpc) is 3.34. The summed E-state index contributed by atoms with van der Waals surface area (Å²) in [7, 11) is -7.11. The van der Waals surface area contributed by atoms with Crippen LogP contribution in [0.2, 0.25) is 51.4 Å². The number of carboxylic acid groups (broad SMARTS) is 2. The van der Waals surface area contributed by atoms with E-state index in [1.165, 1.54) is 5.56 Å². The smallest absolute Gasteiger partial charge is 0.318 e. The quantitative estimate of drug-likeness (QED) is 0.0699. The Morgan fingerprint density at radius 3 is 1.96 bits per heavy atom. The predicted molar refractivity (Wildman–Crippen MR) is 187 cm³/mol. The summed E-state index contributed by atoms with van der Waals surface area (Å²) in [5.74, 6) is -6.86. The number of ether oxygens (including phenoxy) is 3. The minimum Gasteiger partial charge on any atom is -0.486 e. The molecule has 0 radical (unpaired) electrons. The molecule has 2 aromatic carbocycles. The molecule has 10 nitrogen and oxygen atoms in total. The lowest BCUT2D eigenvalue weighted by Gasteiger charge is -2.27. The minimum absolute atomic E-state index is 0.171. The Kier molecular flexibility index (Phi) is 13.6. The van der Waals surface area contributed by atoms with Gasteiger partial charge in [0.05, 0.1) is 5.75 Å². The Morgan fingerprint density at radius 2 is 1.46 bits per heavy atom. The molecule has 2 aromatic rings. The Bertz CT molecular complexity index is 1410. The van der Waals surface area contributed by atoms with Gasteiger partial charge < -0.3 is 24.4 Å². The second-order valence-corrected chi connectivity index (χ2v) is 28.3. The van der Waals surface area contributed by atoms with Crippen LogP contribution in [-0.4, -0.2) is 83.5 Å². The van der Waals surface area contributed by atoms with Gasteiger partial charge in [-0.3, -0.25) is 9.59 Å². The summed E-state index contributed by atoms with van der Waals surface area (Å²) in [6.07, 6.45) is 1.48. The molecule has 2 atom stereocenters. The van der Waals surface area contributed by atoms with Crippen LogP contribution >= 0.6 is 15.9 Å². The van der Waals surface area contributed by atoms with Gasteiger partial charge in [0.15, 0.2) is 5.92 Å². The van der Waals surface area contributed by atoms with E-state index in [0.29, 0.717) is 19.0 Å². The van der Waals surface area contributed by atoms with Crippen molar-refractivity contribution >= 4 is 54.0 Å². The van der Waals surface area contributed by atoms with E-state index in [1.54, 1.807) is 24.3 Å². The Balaban J connectivity index is 1.84. The number of hydrogen-bond donors (Lipinski definition) is 2. The van der Waals surface area contributed by atoms with Crippen molar-refractivity contribution < 1.29 is 42.4 Å². The molecule has 0 saturated heterocycles. The van der Waals surface area contributed by atoms with Gasteiger partial charge in [0.25, 0.3) is 0 Å². The van der Waals surface area contributed by atoms with E-state index >= 15 is 0 Å². The third-order valence-corrected chi connectivity index (χ3v) is 13.9. The van der Waals surface area contributed by atoms with E-state index in [4.69, 9.17) is 14.2 Å². The Labute approximate surface area is 283 Å². The second-order valence-electron chi connectivity index (χ2n) is 14.2. The van der Waals surface area contributed by atoms with Crippen molar-refractivity contribution in [1.82, 2.24) is 4.31 Å². The standard InChI is InChI=1S/C32H48BrNO9SSi2/c1-45(2,3)18-16-41-21-34(22-42-17-19-46(4,5)6)44(39,40)20-27(30(31(35)36)32(37)38)23-10-12-24(13-11-23)43-29-15-14-25-26(29)8-7-9-28(25)33/h7-13,27,29-30H,14-22H2,1-6H3,(H,35,36)(H,37,38)/t27?,29-/m1/s1. The van der Waals surface area contributed by atoms with Crippen LogP contribution in [0.3, 0.4) is 0 Å². The molecule has 0 aliphatic heterocycles. The van der Waals surface area contributed by atoms with Crippen LogP contribution in [0, 0.1) is 5.92 Å². The second kappa shape index (κ2) is 16.4. The van der Waals surface area contributed by atoms with Crippen LogP contribution in [-0.2, 0) is 35.5 Å². The van der Waals surface area contributed by atoms with E-state index in [1.807, 2.05) is 18.2 Å². The first-order chi connectivity index (χ1) is 21.4. The van der Waals surface area contributed by atoms with Crippen molar-refractivity contribution in [2.45, 2.75) is 76.2 Å². The molecule has 256 valence electrons. The van der Waals surface area contributed by atoms with E-state index in [0.717, 1.165) is 39.3 Å². The fourth-order valence-corrected chi connectivity index (χ4v) is 8.72. The predicted octanol–water partition coefficient (Wildman–Crippen LogP) is 6.64. The first-order valence-corrected chi connectivity index (χ1v) is 25.3. The minimum atomic E-state index is -4.24. The molecule has 0 heterocycles. The lowest BCUT2D eigenvalue weighted by molar-refractivity contribution is -0.155. The summed E-state index contributed by atoms with van der Waals surface area (Å²) in [5, 5.41) is 19.8. The van der Waals surface area contributed by atoms with E-state index in [-0.39, 0.29) is 25.1 Å². The number of aliphatic carboxylic acids is 2. The number of fused-ring (bicyclic) bond motifs is 1. The number of carboxylic acids is 2. The zero-order valence-corrected chi connectivity index (χ0v) is 32.0. The van der Waals surface area contributed by atoms with Crippen LogP contribution in [0.25, 0.3) is 0 Å². The van der Waals surface area contributed by atoms with Gasteiger partial charge >= 0.3 is 11.9 Å². The fourth-order valence-electron chi connectivity index (χ4n) is 5.11. The molecule has 0 spiro atoms. The van der Waals surface area contributed by atoms with Gasteiger partial charge in [0.2, 0.25) is 10.0 Å². The number of rotatable bonds is 19. The molecule has 0 aromatic heterocycles. The maximum atomic E-state index is 13.9. The van der Waals surface area contributed by atoms with E-state index in [2.05, 4.69) is 55.2 Å². The molecule has 0 saturated carbocycles. The van der Waals surface area contributed by atoms with Gasteiger partial charge in [-0.25, -0.2) is 8.42 Å². The largest absolute Gasteiger partial charge is 0.486 e. The van der Waals surface area contributed by atoms with Gasteiger partial charge in [-0.1, -0.05) is 79.5 Å². The Hall–Kier alpha value is -2.08. The lowest BCUT2D eigenvalue weighted by Crippen LogP contribution is -2.42. The van der Waals surface area contributed by atoms with Crippen molar-refractivity contribution in [3.63, 3.8) is 0 Å². The van der Waals surface area contributed by atoms with Gasteiger partial charge in [-0.05, 0) is 59.8 Å². The topological polar surface area (TPSA) is 140 Å². The highest BCUT2D eigenvalue weighted by Crippen LogP contribution is 2.39. The molecule has 46 heavy (non-hydrogen) atoms. The summed E-state index contributed by atoms with van der Waals surface area (Å²) in [6.45, 7) is 13.3. The number of benzene rings is 2. The monoisotopic (exact) mass is 757 g/mol. The first kappa shape index (κ1) is 38.4. The molecule has 1 unspecified atom stereocenters. The highest BCUT2D eigenvalue weighted by Gasteiger charge is 2.40. The SMILES string of the molecule is C[Si](C)(C)CCOCN(COCC[Si](C)(C)C)S(=O)(=O)CC(c1ccc(O[C@@H]2CCc3c(Br)cccc32)cc1)C(C(=O)O)C(=O)O. The number of hydrogen-bond acceptors (Lipinski definition) is 7. The van der Waals surface area contributed by atoms with Crippen LogP contribution < -0.4 is 4.74 Å². The molecule has 1 aliphatic rings. The lowest BCUT2D eigenvalue weighted by atomic mass is 9.87. The molecule has 14 heteroatoms. The van der Waals surface area contributed by atoms with Gasteiger partial charge in [0.1, 0.15) is 25.3 Å². The van der Waals surface area contributed by atoms with Crippen molar-refractivity contribution in [2.75, 3.05) is 32.4 Å². The molecule has 3 rings (SSSR count). The molecule has 0 bridgehead atoms. The third kappa shape index (κ3) is 11.6. The molecular weight excluding hydrogens is 710 g/mol. The summed E-state index contributed by atoms with van der Waals surface area (Å²) in [6, 6.07) is 14.0. The number of carbonyl (C=O) groups is 2. The summed E-state index contributed by atoms with van der Waals surface area (Å²) in [5.41, 5.74) is 2.54. The molecule has 0 amide bonds. The highest BCUT2D eigenvalue weighted by molar-refractivity contribution is 9.10. The highest BCUT2D eigenvalue weighted by atomic mass is 79.9. The van der Waals surface area contributed by atoms with Gasteiger partial charge in [-0.15, -0.1) is 0 Å². The normalized spacial score (nSPS) is 16.1. The van der Waals surface area contributed by atoms with Crippen molar-refractivity contribution in [1.29, 1.82) is 0 Å². The van der Waals surface area contributed by atoms with Crippen molar-refractivity contribution in [3.8, 4) is 5.75 Å². The summed E-state index contributed by atoms with van der Waals surface area (Å²) >= 11 is 3.59. The molecule has 2 N–H and O–H groups in total. The van der Waals surface area contributed by atoms with E-state index in [9.17, 15) is 28.2 Å². The maximum absolute atomic E-state index is 13.9. The first-order valence-electron chi connectivity index (χ1n) is 15.5. The van der Waals surface area contributed by atoms with Crippen LogP contribution in [0.5, 0.6) is 5.75 Å². The van der Waals surface area contributed by atoms with E-state index < -0.39 is 55.7 Å². The number of sulfonamides is 1.